The highest BCUT2D eigenvalue weighted by molar-refractivity contribution is 4.92. The summed E-state index contributed by atoms with van der Waals surface area (Å²) in [4.78, 5) is 0. The summed E-state index contributed by atoms with van der Waals surface area (Å²) < 4.78 is 48.2. The molecule has 5 aliphatic rings. The summed E-state index contributed by atoms with van der Waals surface area (Å²) in [5.41, 5.74) is 0. The standard InChI is InChI=1S/C25H42O21/c26-6-1-39-22(17(33)11(6)27)44-8-3-41-24(19(35)13(8)29)46-10-5-42-25(20(36)15(10)31)45-9-4-40-23(18(34)14(9)30)43-7-2-38-21(37)16(32)12(7)28/h6-37H,1-5H2/t6-,7-,8-,9-,10-,11+,12+,13+,14+,15+,16-,17-,18-,19-,20-,21+,22-,23-,24-,25-/m1/s1. The molecule has 21 nitrogen and oxygen atoms in total. The van der Waals surface area contributed by atoms with Gasteiger partial charge in [0.2, 0.25) is 0 Å². The van der Waals surface area contributed by atoms with Gasteiger partial charge in [-0.3, -0.25) is 0 Å². The molecule has 5 saturated heterocycles. The lowest BCUT2D eigenvalue weighted by Gasteiger charge is -2.45. The van der Waals surface area contributed by atoms with Crippen LogP contribution in [0.3, 0.4) is 0 Å². The highest BCUT2D eigenvalue weighted by atomic mass is 16.8. The summed E-state index contributed by atoms with van der Waals surface area (Å²) >= 11 is 0. The molecule has 0 aliphatic carbocycles. The van der Waals surface area contributed by atoms with Gasteiger partial charge in [-0.05, 0) is 0 Å². The van der Waals surface area contributed by atoms with E-state index >= 15 is 0 Å². The van der Waals surface area contributed by atoms with E-state index < -0.39 is 143 Å². The monoisotopic (exact) mass is 678 g/mol. The SMILES string of the molecule is O[C@@H]1[C@@H](O)[C@@H](O[C@@H]2CO[C@H](O[C@@H]3CO[C@H](O[C@@H]4CO[C@H](O[C@@H]5CO[C@H](O)[C@H](O)[C@H]5O)[C@H](O)[C@H]4O)[C@H](O)[C@H]3O)[C@H](O)[C@H]2O)OC[C@H]1O. The van der Waals surface area contributed by atoms with Crippen LogP contribution in [0.1, 0.15) is 0 Å². The molecule has 0 spiro atoms. The molecule has 5 rings (SSSR count). The Balaban J connectivity index is 1.08. The van der Waals surface area contributed by atoms with E-state index in [4.69, 9.17) is 42.6 Å². The van der Waals surface area contributed by atoms with Crippen molar-refractivity contribution in [2.75, 3.05) is 33.0 Å². The molecule has 0 aromatic carbocycles. The fourth-order valence-electron chi connectivity index (χ4n) is 5.51. The quantitative estimate of drug-likeness (QED) is 0.113. The molecule has 0 aromatic heterocycles. The topological polar surface area (TPSA) is 326 Å². The number of rotatable bonds is 8. The van der Waals surface area contributed by atoms with Gasteiger partial charge in [-0.15, -0.1) is 0 Å². The van der Waals surface area contributed by atoms with Gasteiger partial charge in [-0.25, -0.2) is 0 Å². The lowest BCUT2D eigenvalue weighted by Crippen LogP contribution is -2.63. The van der Waals surface area contributed by atoms with Gasteiger partial charge in [0.15, 0.2) is 31.5 Å². The second-order valence-corrected chi connectivity index (χ2v) is 11.7. The lowest BCUT2D eigenvalue weighted by atomic mass is 10.0. The summed E-state index contributed by atoms with van der Waals surface area (Å²) in [5, 5.41) is 122. The van der Waals surface area contributed by atoms with Crippen molar-refractivity contribution >= 4 is 0 Å². The second kappa shape index (κ2) is 15.4. The van der Waals surface area contributed by atoms with Crippen LogP contribution in [-0.4, -0.2) is 217 Å². The average molecular weight is 679 g/mol. The van der Waals surface area contributed by atoms with Crippen molar-refractivity contribution in [2.45, 2.75) is 123 Å². The van der Waals surface area contributed by atoms with Crippen molar-refractivity contribution in [1.82, 2.24) is 0 Å². The Bertz CT molecular complexity index is 891. The van der Waals surface area contributed by atoms with E-state index in [1.54, 1.807) is 0 Å². The van der Waals surface area contributed by atoms with Gasteiger partial charge in [-0.2, -0.15) is 0 Å². The van der Waals surface area contributed by atoms with Crippen LogP contribution < -0.4 is 0 Å². The number of hydrogen-bond acceptors (Lipinski definition) is 21. The van der Waals surface area contributed by atoms with Crippen LogP contribution in [0.15, 0.2) is 0 Å². The summed E-state index contributed by atoms with van der Waals surface area (Å²) in [6, 6.07) is 0. The van der Waals surface area contributed by atoms with E-state index in [9.17, 15) is 61.3 Å². The Kier molecular flexibility index (Phi) is 12.2. The lowest BCUT2D eigenvalue weighted by molar-refractivity contribution is -0.362. The van der Waals surface area contributed by atoms with E-state index in [0.29, 0.717) is 0 Å². The first-order chi connectivity index (χ1) is 21.8. The fraction of sp³-hybridized carbons (Fsp3) is 1.00. The zero-order chi connectivity index (χ0) is 33.4. The smallest absolute Gasteiger partial charge is 0.186 e. The third kappa shape index (κ3) is 7.65. The van der Waals surface area contributed by atoms with Gasteiger partial charge in [0.25, 0.3) is 0 Å². The van der Waals surface area contributed by atoms with Crippen molar-refractivity contribution in [3.05, 3.63) is 0 Å². The first-order valence-corrected chi connectivity index (χ1v) is 14.6. The molecule has 0 aromatic rings. The van der Waals surface area contributed by atoms with Gasteiger partial charge < -0.3 is 104 Å². The summed E-state index contributed by atoms with van der Waals surface area (Å²) in [6.07, 6.45) is -30.9. The molecular formula is C25H42O21. The number of hydrogen-bond donors (Lipinski definition) is 12. The predicted molar refractivity (Wildman–Crippen MR) is 136 cm³/mol. The summed E-state index contributed by atoms with van der Waals surface area (Å²) in [5.74, 6) is 0. The number of aliphatic hydroxyl groups excluding tert-OH is 12. The number of aliphatic hydroxyl groups is 12. The molecule has 0 amide bonds. The zero-order valence-corrected chi connectivity index (χ0v) is 24.1. The van der Waals surface area contributed by atoms with E-state index in [2.05, 4.69) is 0 Å². The number of ether oxygens (including phenoxy) is 9. The van der Waals surface area contributed by atoms with Crippen LogP contribution in [0.5, 0.6) is 0 Å². The molecule has 0 bridgehead atoms. The van der Waals surface area contributed by atoms with E-state index in [0.717, 1.165) is 0 Å². The largest absolute Gasteiger partial charge is 0.388 e. The van der Waals surface area contributed by atoms with Gasteiger partial charge in [0.05, 0.1) is 33.0 Å². The van der Waals surface area contributed by atoms with Crippen LogP contribution in [0.25, 0.3) is 0 Å². The summed E-state index contributed by atoms with van der Waals surface area (Å²) in [7, 11) is 0. The molecule has 5 aliphatic heterocycles. The Morgan fingerprint density at radius 1 is 0.304 bits per heavy atom. The predicted octanol–water partition coefficient (Wildman–Crippen LogP) is -8.73. The normalized spacial score (nSPS) is 54.0. The third-order valence-corrected chi connectivity index (χ3v) is 8.45. The Hall–Kier alpha value is -0.840. The molecular weight excluding hydrogens is 636 g/mol. The zero-order valence-electron chi connectivity index (χ0n) is 24.1. The van der Waals surface area contributed by atoms with E-state index in [-0.39, 0.29) is 13.2 Å². The Morgan fingerprint density at radius 2 is 0.587 bits per heavy atom. The van der Waals surface area contributed by atoms with Crippen LogP contribution in [0.2, 0.25) is 0 Å². The highest BCUT2D eigenvalue weighted by Crippen LogP contribution is 2.30. The van der Waals surface area contributed by atoms with Crippen LogP contribution in [0.4, 0.5) is 0 Å². The maximum Gasteiger partial charge on any atom is 0.186 e. The Labute approximate surface area is 260 Å². The van der Waals surface area contributed by atoms with E-state index in [1.807, 2.05) is 0 Å². The molecule has 268 valence electrons. The Morgan fingerprint density at radius 3 is 0.957 bits per heavy atom. The van der Waals surface area contributed by atoms with Crippen LogP contribution >= 0.6 is 0 Å². The maximum absolute atomic E-state index is 10.7. The summed E-state index contributed by atoms with van der Waals surface area (Å²) in [6.45, 7) is -1.94. The third-order valence-electron chi connectivity index (χ3n) is 8.45. The van der Waals surface area contributed by atoms with Crippen molar-refractivity contribution in [2.24, 2.45) is 0 Å². The molecule has 5 heterocycles. The molecule has 12 N–H and O–H groups in total. The van der Waals surface area contributed by atoms with Crippen molar-refractivity contribution in [1.29, 1.82) is 0 Å². The van der Waals surface area contributed by atoms with Gasteiger partial charge >= 0.3 is 0 Å². The minimum absolute atomic E-state index is 0.349. The van der Waals surface area contributed by atoms with Crippen molar-refractivity contribution in [3.8, 4) is 0 Å². The molecule has 0 unspecified atom stereocenters. The minimum Gasteiger partial charge on any atom is -0.388 e. The maximum atomic E-state index is 10.7. The minimum atomic E-state index is -1.78. The first-order valence-electron chi connectivity index (χ1n) is 14.6. The van der Waals surface area contributed by atoms with E-state index in [1.165, 1.54) is 0 Å². The van der Waals surface area contributed by atoms with Crippen molar-refractivity contribution in [3.63, 3.8) is 0 Å². The molecule has 5 fully saturated rings. The first kappa shape index (κ1) is 36.4. The molecule has 20 atom stereocenters. The van der Waals surface area contributed by atoms with Crippen molar-refractivity contribution < 1.29 is 104 Å². The highest BCUT2D eigenvalue weighted by Gasteiger charge is 2.50. The second-order valence-electron chi connectivity index (χ2n) is 11.7. The van der Waals surface area contributed by atoms with Crippen LogP contribution in [-0.2, 0) is 42.6 Å². The molecule has 46 heavy (non-hydrogen) atoms. The van der Waals surface area contributed by atoms with Crippen LogP contribution in [0, 0.1) is 0 Å². The molecule has 0 saturated carbocycles. The van der Waals surface area contributed by atoms with Gasteiger partial charge in [-0.1, -0.05) is 0 Å². The average Bonchev–Trinajstić information content (AvgIpc) is 3.03. The fourth-order valence-corrected chi connectivity index (χ4v) is 5.51. The van der Waals surface area contributed by atoms with Gasteiger partial charge in [0.1, 0.15) is 91.6 Å². The molecule has 21 heteroatoms. The van der Waals surface area contributed by atoms with Gasteiger partial charge in [0, 0.05) is 0 Å². The molecule has 0 radical (unpaired) electrons.